The molecule has 0 spiro atoms. The molecule has 0 saturated carbocycles. The van der Waals surface area contributed by atoms with Gasteiger partial charge in [-0.15, -0.1) is 5.10 Å². The van der Waals surface area contributed by atoms with Gasteiger partial charge in [0, 0.05) is 11.1 Å². The van der Waals surface area contributed by atoms with Crippen molar-refractivity contribution in [2.24, 2.45) is 0 Å². The molecule has 1 aromatic heterocycles. The molecule has 3 nitrogen and oxygen atoms in total. The lowest BCUT2D eigenvalue weighted by Crippen LogP contribution is -1.99. The van der Waals surface area contributed by atoms with Crippen molar-refractivity contribution in [2.45, 2.75) is 13.8 Å². The van der Waals surface area contributed by atoms with E-state index in [1.165, 1.54) is 5.56 Å². The Morgan fingerprint density at radius 2 is 1.40 bits per heavy atom. The van der Waals surface area contributed by atoms with Crippen molar-refractivity contribution in [1.82, 2.24) is 15.0 Å². The summed E-state index contributed by atoms with van der Waals surface area (Å²) in [5.41, 5.74) is 11.4. The predicted octanol–water partition coefficient (Wildman–Crippen LogP) is 6.40. The van der Waals surface area contributed by atoms with Crippen LogP contribution in [0.1, 0.15) is 23.6 Å². The van der Waals surface area contributed by atoms with E-state index in [4.69, 9.17) is 0 Å². The first kappa shape index (κ1) is 19.4. The van der Waals surface area contributed by atoms with Gasteiger partial charge in [0.2, 0.25) is 0 Å². The van der Waals surface area contributed by atoms with Gasteiger partial charge in [-0.2, -0.15) is 0 Å². The lowest BCUT2D eigenvalue weighted by Gasteiger charge is -2.08. The molecule has 0 saturated heterocycles. The summed E-state index contributed by atoms with van der Waals surface area (Å²) in [5, 5.41) is 8.74. The van der Waals surface area contributed by atoms with Crippen LogP contribution < -0.4 is 0 Å². The number of aryl methyl sites for hydroxylation is 1. The molecule has 0 aliphatic carbocycles. The van der Waals surface area contributed by atoms with Crippen LogP contribution in [0.3, 0.4) is 0 Å². The molecule has 30 heavy (non-hydrogen) atoms. The molecule has 4 aromatic rings. The summed E-state index contributed by atoms with van der Waals surface area (Å²) in [6.45, 7) is 8.20. The number of rotatable bonds is 5. The van der Waals surface area contributed by atoms with Crippen molar-refractivity contribution < 1.29 is 0 Å². The van der Waals surface area contributed by atoms with Crippen molar-refractivity contribution in [3.63, 3.8) is 0 Å². The van der Waals surface area contributed by atoms with Gasteiger partial charge in [-0.3, -0.25) is 0 Å². The Morgan fingerprint density at radius 1 is 0.833 bits per heavy atom. The van der Waals surface area contributed by atoms with E-state index in [2.05, 4.69) is 78.1 Å². The zero-order chi connectivity index (χ0) is 20.9. The second-order valence-electron chi connectivity index (χ2n) is 7.28. The fraction of sp³-hybridized carbons (Fsp3) is 0.0741. The molecule has 146 valence electrons. The molecule has 3 heteroatoms. The highest BCUT2D eigenvalue weighted by molar-refractivity contribution is 5.83. The quantitative estimate of drug-likeness (QED) is 0.292. The molecule has 0 amide bonds. The van der Waals surface area contributed by atoms with E-state index in [0.29, 0.717) is 0 Å². The maximum Gasteiger partial charge on any atom is 0.113 e. The van der Waals surface area contributed by atoms with Crippen LogP contribution in [0.2, 0.25) is 0 Å². The molecular formula is C27H23N3. The SMILES string of the molecule is C=C(C)C(=C=C(c1ccccc1)c1ccccc1)n1cc(-c2ccc(C)cc2)nn1. The number of hydrogen-bond acceptors (Lipinski definition) is 2. The monoisotopic (exact) mass is 389 g/mol. The summed E-state index contributed by atoms with van der Waals surface area (Å²) < 4.78 is 1.75. The topological polar surface area (TPSA) is 30.7 Å². The zero-order valence-electron chi connectivity index (χ0n) is 17.2. The smallest absolute Gasteiger partial charge is 0.113 e. The van der Waals surface area contributed by atoms with E-state index in [-0.39, 0.29) is 0 Å². The van der Waals surface area contributed by atoms with Gasteiger partial charge >= 0.3 is 0 Å². The van der Waals surface area contributed by atoms with Crippen LogP contribution in [0, 0.1) is 6.92 Å². The third kappa shape index (κ3) is 4.22. The van der Waals surface area contributed by atoms with Crippen LogP contribution in [-0.2, 0) is 0 Å². The Labute approximate surface area is 177 Å². The molecule has 0 aliphatic rings. The minimum atomic E-state index is 0.781. The Morgan fingerprint density at radius 3 is 1.93 bits per heavy atom. The number of nitrogens with zero attached hydrogens (tertiary/aromatic N) is 3. The molecule has 3 aromatic carbocycles. The number of benzene rings is 3. The fourth-order valence-electron chi connectivity index (χ4n) is 3.23. The Bertz CT molecular complexity index is 1180. The van der Waals surface area contributed by atoms with Gasteiger partial charge in [-0.05, 0) is 30.5 Å². The highest BCUT2D eigenvalue weighted by Crippen LogP contribution is 2.25. The highest BCUT2D eigenvalue weighted by Gasteiger charge is 2.10. The average molecular weight is 390 g/mol. The molecule has 0 bridgehead atoms. The van der Waals surface area contributed by atoms with Gasteiger partial charge in [-0.25, -0.2) is 4.68 Å². The Hall–Kier alpha value is -3.94. The van der Waals surface area contributed by atoms with Gasteiger partial charge in [0.1, 0.15) is 11.4 Å². The molecule has 0 unspecified atom stereocenters. The molecule has 0 radical (unpaired) electrons. The predicted molar refractivity (Wildman–Crippen MR) is 124 cm³/mol. The largest absolute Gasteiger partial charge is 0.212 e. The summed E-state index contributed by atoms with van der Waals surface area (Å²) in [7, 11) is 0. The number of hydrogen-bond donors (Lipinski definition) is 0. The van der Waals surface area contributed by atoms with E-state index in [9.17, 15) is 0 Å². The Balaban J connectivity index is 1.89. The molecule has 0 fully saturated rings. The first-order chi connectivity index (χ1) is 14.6. The molecular weight excluding hydrogens is 366 g/mol. The molecule has 0 aliphatic heterocycles. The molecule has 0 N–H and O–H groups in total. The highest BCUT2D eigenvalue weighted by atomic mass is 15.4. The lowest BCUT2D eigenvalue weighted by atomic mass is 9.98. The summed E-state index contributed by atoms with van der Waals surface area (Å²) in [6, 6.07) is 28.8. The first-order valence-electron chi connectivity index (χ1n) is 9.89. The van der Waals surface area contributed by atoms with Crippen LogP contribution in [0.5, 0.6) is 0 Å². The molecule has 1 heterocycles. The van der Waals surface area contributed by atoms with Crippen LogP contribution in [0.25, 0.3) is 22.5 Å². The van der Waals surface area contributed by atoms with Crippen molar-refractivity contribution >= 4 is 11.3 Å². The van der Waals surface area contributed by atoms with Crippen LogP contribution in [0.4, 0.5) is 0 Å². The third-order valence-electron chi connectivity index (χ3n) is 4.84. The second kappa shape index (κ2) is 8.60. The summed E-state index contributed by atoms with van der Waals surface area (Å²) >= 11 is 0. The van der Waals surface area contributed by atoms with Crippen LogP contribution >= 0.6 is 0 Å². The van der Waals surface area contributed by atoms with Crippen molar-refractivity contribution in [3.8, 4) is 11.3 Å². The fourth-order valence-corrected chi connectivity index (χ4v) is 3.23. The molecule has 0 atom stereocenters. The van der Waals surface area contributed by atoms with Crippen molar-refractivity contribution in [3.05, 3.63) is 126 Å². The van der Waals surface area contributed by atoms with E-state index >= 15 is 0 Å². The van der Waals surface area contributed by atoms with Crippen LogP contribution in [0.15, 0.2) is 109 Å². The van der Waals surface area contributed by atoms with Gasteiger partial charge < -0.3 is 0 Å². The molecule has 4 rings (SSSR count). The average Bonchev–Trinajstić information content (AvgIpc) is 3.25. The van der Waals surface area contributed by atoms with E-state index in [1.807, 2.05) is 49.5 Å². The van der Waals surface area contributed by atoms with Crippen LogP contribution in [-0.4, -0.2) is 15.0 Å². The number of allylic oxidation sites excluding steroid dienone is 2. The number of aromatic nitrogens is 3. The second-order valence-corrected chi connectivity index (χ2v) is 7.28. The zero-order valence-corrected chi connectivity index (χ0v) is 17.2. The van der Waals surface area contributed by atoms with Gasteiger partial charge in [0.25, 0.3) is 0 Å². The summed E-state index contributed by atoms with van der Waals surface area (Å²) in [4.78, 5) is 0. The summed E-state index contributed by atoms with van der Waals surface area (Å²) in [5.74, 6) is 0. The van der Waals surface area contributed by atoms with Crippen molar-refractivity contribution in [1.29, 1.82) is 0 Å². The maximum absolute atomic E-state index is 4.37. The normalized spacial score (nSPS) is 10.3. The standard InChI is InChI=1S/C27H23N3/c1-20(2)27(30-19-26(28-29-30)24-16-14-21(3)15-17-24)18-25(22-10-6-4-7-11-22)23-12-8-5-9-13-23/h4-17,19H,1H2,2-3H3. The van der Waals surface area contributed by atoms with Crippen molar-refractivity contribution in [2.75, 3.05) is 0 Å². The van der Waals surface area contributed by atoms with Gasteiger partial charge in [0.15, 0.2) is 0 Å². The first-order valence-corrected chi connectivity index (χ1v) is 9.89. The third-order valence-corrected chi connectivity index (χ3v) is 4.84. The van der Waals surface area contributed by atoms with Gasteiger partial charge in [0.05, 0.1) is 6.20 Å². The minimum Gasteiger partial charge on any atom is -0.212 e. The van der Waals surface area contributed by atoms with Gasteiger partial charge in [-0.1, -0.05) is 108 Å². The lowest BCUT2D eigenvalue weighted by molar-refractivity contribution is 0.820. The van der Waals surface area contributed by atoms with E-state index in [0.717, 1.165) is 39.2 Å². The van der Waals surface area contributed by atoms with E-state index in [1.54, 1.807) is 4.68 Å². The Kier molecular flexibility index (Phi) is 5.56. The van der Waals surface area contributed by atoms with E-state index < -0.39 is 0 Å². The summed E-state index contributed by atoms with van der Waals surface area (Å²) in [6.07, 6.45) is 1.93. The minimum absolute atomic E-state index is 0.781. The maximum atomic E-state index is 4.37.